The summed E-state index contributed by atoms with van der Waals surface area (Å²) >= 11 is 0. The van der Waals surface area contributed by atoms with Gasteiger partial charge in [-0.25, -0.2) is 4.98 Å². The van der Waals surface area contributed by atoms with Crippen LogP contribution in [0.15, 0.2) is 53.7 Å². The normalized spacial score (nSPS) is 16.4. The van der Waals surface area contributed by atoms with Crippen LogP contribution in [-0.4, -0.2) is 35.0 Å². The number of fused-ring (bicyclic) bond motifs is 2. The van der Waals surface area contributed by atoms with E-state index in [2.05, 4.69) is 56.3 Å². The quantitative estimate of drug-likeness (QED) is 0.560. The van der Waals surface area contributed by atoms with Gasteiger partial charge in [0.2, 0.25) is 0 Å². The highest BCUT2D eigenvalue weighted by Gasteiger charge is 2.22. The number of para-hydroxylation sites is 1. The number of imidazole rings is 1. The molecule has 1 atom stereocenters. The van der Waals surface area contributed by atoms with Crippen LogP contribution in [0, 0.1) is 6.92 Å². The molecule has 1 aliphatic heterocycles. The van der Waals surface area contributed by atoms with Crippen LogP contribution >= 0.6 is 0 Å². The third kappa shape index (κ3) is 3.35. The minimum absolute atomic E-state index is 0.129. The molecule has 0 fully saturated rings. The second-order valence-corrected chi connectivity index (χ2v) is 6.49. The van der Waals surface area contributed by atoms with Gasteiger partial charge in [0, 0.05) is 25.4 Å². The van der Waals surface area contributed by atoms with Crippen LogP contribution in [0.4, 0.5) is 0 Å². The van der Waals surface area contributed by atoms with Gasteiger partial charge in [0.15, 0.2) is 5.96 Å². The standard InChI is InChI=1S/C20H23N5O/c1-14-6-5-9-19-24-16(13-25(14)19)11-22-20(21-2)23-12-17-10-15-7-3-4-8-18(15)26-17/h3-9,13,17H,10-12H2,1-2H3,(H2,21,22,23). The lowest BCUT2D eigenvalue weighted by Crippen LogP contribution is -2.42. The van der Waals surface area contributed by atoms with Gasteiger partial charge in [-0.1, -0.05) is 24.3 Å². The molecule has 0 spiro atoms. The lowest BCUT2D eigenvalue weighted by Gasteiger charge is -2.15. The van der Waals surface area contributed by atoms with Gasteiger partial charge in [0.05, 0.1) is 18.8 Å². The summed E-state index contributed by atoms with van der Waals surface area (Å²) in [5, 5.41) is 6.66. The first-order chi connectivity index (χ1) is 12.7. The number of hydrogen-bond donors (Lipinski definition) is 2. The number of hydrogen-bond acceptors (Lipinski definition) is 3. The smallest absolute Gasteiger partial charge is 0.191 e. The van der Waals surface area contributed by atoms with Crippen LogP contribution < -0.4 is 15.4 Å². The van der Waals surface area contributed by atoms with Gasteiger partial charge in [-0.2, -0.15) is 0 Å². The molecule has 1 unspecified atom stereocenters. The first kappa shape index (κ1) is 16.4. The molecule has 3 aromatic rings. The Balaban J connectivity index is 1.31. The van der Waals surface area contributed by atoms with Gasteiger partial charge in [0.25, 0.3) is 0 Å². The highest BCUT2D eigenvalue weighted by atomic mass is 16.5. The van der Waals surface area contributed by atoms with Crippen molar-refractivity contribution < 1.29 is 4.74 Å². The van der Waals surface area contributed by atoms with E-state index in [0.29, 0.717) is 13.1 Å². The molecule has 0 amide bonds. The third-order valence-electron chi connectivity index (χ3n) is 4.62. The maximum atomic E-state index is 5.96. The second kappa shape index (κ2) is 7.07. The number of aromatic nitrogens is 2. The molecule has 2 N–H and O–H groups in total. The number of pyridine rings is 1. The lowest BCUT2D eigenvalue weighted by atomic mass is 10.1. The molecule has 0 aliphatic carbocycles. The Hall–Kier alpha value is -3.02. The van der Waals surface area contributed by atoms with Gasteiger partial charge in [-0.3, -0.25) is 4.99 Å². The van der Waals surface area contributed by atoms with E-state index in [-0.39, 0.29) is 6.10 Å². The maximum Gasteiger partial charge on any atom is 0.191 e. The Morgan fingerprint density at radius 3 is 2.92 bits per heavy atom. The fraction of sp³-hybridized carbons (Fsp3) is 0.300. The summed E-state index contributed by atoms with van der Waals surface area (Å²) in [5.74, 6) is 1.74. The Kier molecular flexibility index (Phi) is 4.48. The monoisotopic (exact) mass is 349 g/mol. The van der Waals surface area contributed by atoms with Crippen molar-refractivity contribution in [2.45, 2.75) is 26.0 Å². The van der Waals surface area contributed by atoms with Crippen LogP contribution in [0.1, 0.15) is 17.0 Å². The zero-order chi connectivity index (χ0) is 17.9. The topological polar surface area (TPSA) is 63.0 Å². The minimum atomic E-state index is 0.129. The third-order valence-corrected chi connectivity index (χ3v) is 4.62. The predicted octanol–water partition coefficient (Wildman–Crippen LogP) is 2.31. The van der Waals surface area contributed by atoms with E-state index in [1.807, 2.05) is 24.3 Å². The summed E-state index contributed by atoms with van der Waals surface area (Å²) in [6.45, 7) is 3.40. The predicted molar refractivity (Wildman–Crippen MR) is 103 cm³/mol. The first-order valence-electron chi connectivity index (χ1n) is 8.85. The summed E-state index contributed by atoms with van der Waals surface area (Å²) < 4.78 is 8.05. The number of guanidine groups is 1. The Bertz CT molecular complexity index is 921. The number of aliphatic imine (C=N–C) groups is 1. The van der Waals surface area contributed by atoms with E-state index >= 15 is 0 Å². The molecule has 0 saturated carbocycles. The average Bonchev–Trinajstić information content (AvgIpc) is 3.26. The molecule has 26 heavy (non-hydrogen) atoms. The molecule has 0 radical (unpaired) electrons. The SMILES string of the molecule is CN=C(NCc1cn2c(C)cccc2n1)NCC1Cc2ccccc2O1. The van der Waals surface area contributed by atoms with Gasteiger partial charge in [-0.05, 0) is 30.7 Å². The Morgan fingerprint density at radius 2 is 2.12 bits per heavy atom. The average molecular weight is 349 g/mol. The summed E-state index contributed by atoms with van der Waals surface area (Å²) in [4.78, 5) is 8.93. The van der Waals surface area contributed by atoms with Crippen LogP contribution in [0.25, 0.3) is 5.65 Å². The number of rotatable bonds is 4. The summed E-state index contributed by atoms with van der Waals surface area (Å²) in [7, 11) is 1.77. The first-order valence-corrected chi connectivity index (χ1v) is 8.85. The van der Waals surface area contributed by atoms with Crippen LogP contribution in [0.2, 0.25) is 0 Å². The molecule has 2 aromatic heterocycles. The molecular formula is C20H23N5O. The highest BCUT2D eigenvalue weighted by Crippen LogP contribution is 2.27. The molecule has 3 heterocycles. The highest BCUT2D eigenvalue weighted by molar-refractivity contribution is 5.79. The van der Waals surface area contributed by atoms with Crippen molar-refractivity contribution in [1.29, 1.82) is 0 Å². The number of aryl methyl sites for hydroxylation is 1. The van der Waals surface area contributed by atoms with E-state index in [1.54, 1.807) is 7.05 Å². The van der Waals surface area contributed by atoms with E-state index in [4.69, 9.17) is 4.74 Å². The fourth-order valence-electron chi connectivity index (χ4n) is 3.26. The van der Waals surface area contributed by atoms with E-state index < -0.39 is 0 Å². The van der Waals surface area contributed by atoms with Gasteiger partial charge in [0.1, 0.15) is 17.5 Å². The summed E-state index contributed by atoms with van der Waals surface area (Å²) in [5.41, 5.74) is 4.37. The molecule has 0 saturated heterocycles. The molecular weight excluding hydrogens is 326 g/mol. The number of ether oxygens (including phenoxy) is 1. The molecule has 134 valence electrons. The van der Waals surface area contributed by atoms with Gasteiger partial charge in [-0.15, -0.1) is 0 Å². The van der Waals surface area contributed by atoms with E-state index in [0.717, 1.165) is 29.5 Å². The molecule has 6 heteroatoms. The second-order valence-electron chi connectivity index (χ2n) is 6.49. The molecule has 1 aliphatic rings. The van der Waals surface area contributed by atoms with Crippen molar-refractivity contribution in [3.05, 3.63) is 65.6 Å². The Morgan fingerprint density at radius 1 is 1.23 bits per heavy atom. The molecule has 6 nitrogen and oxygen atoms in total. The van der Waals surface area contributed by atoms with Crippen molar-refractivity contribution in [1.82, 2.24) is 20.0 Å². The van der Waals surface area contributed by atoms with Crippen LogP contribution in [0.3, 0.4) is 0 Å². The summed E-state index contributed by atoms with van der Waals surface area (Å²) in [6.07, 6.45) is 3.11. The lowest BCUT2D eigenvalue weighted by molar-refractivity contribution is 0.235. The number of nitrogens with zero attached hydrogens (tertiary/aromatic N) is 3. The largest absolute Gasteiger partial charge is 0.488 e. The molecule has 1 aromatic carbocycles. The van der Waals surface area contributed by atoms with E-state index in [1.165, 1.54) is 11.3 Å². The van der Waals surface area contributed by atoms with Crippen molar-refractivity contribution in [2.24, 2.45) is 4.99 Å². The molecule has 4 rings (SSSR count). The maximum absolute atomic E-state index is 5.96. The summed E-state index contributed by atoms with van der Waals surface area (Å²) in [6, 6.07) is 14.3. The fourth-order valence-corrected chi connectivity index (χ4v) is 3.26. The van der Waals surface area contributed by atoms with Crippen LogP contribution in [-0.2, 0) is 13.0 Å². The van der Waals surface area contributed by atoms with Crippen molar-refractivity contribution in [3.63, 3.8) is 0 Å². The molecule has 0 bridgehead atoms. The zero-order valence-corrected chi connectivity index (χ0v) is 15.1. The van der Waals surface area contributed by atoms with Crippen molar-refractivity contribution >= 4 is 11.6 Å². The van der Waals surface area contributed by atoms with E-state index in [9.17, 15) is 0 Å². The van der Waals surface area contributed by atoms with Crippen molar-refractivity contribution in [2.75, 3.05) is 13.6 Å². The number of benzene rings is 1. The Labute approximate surface area is 152 Å². The minimum Gasteiger partial charge on any atom is -0.488 e. The van der Waals surface area contributed by atoms with Gasteiger partial charge >= 0.3 is 0 Å². The van der Waals surface area contributed by atoms with Gasteiger partial charge < -0.3 is 19.8 Å². The van der Waals surface area contributed by atoms with Crippen molar-refractivity contribution in [3.8, 4) is 5.75 Å². The number of nitrogens with one attached hydrogen (secondary N) is 2. The van der Waals surface area contributed by atoms with Crippen LogP contribution in [0.5, 0.6) is 5.75 Å². The zero-order valence-electron chi connectivity index (χ0n) is 15.1.